The number of carbonyl (C=O) groups excluding carboxylic acids is 2. The van der Waals surface area contributed by atoms with Gasteiger partial charge in [0.15, 0.2) is 0 Å². The minimum atomic E-state index is -0.170. The Bertz CT molecular complexity index is 712. The molecule has 0 aromatic heterocycles. The zero-order valence-corrected chi connectivity index (χ0v) is 18.8. The molecule has 4 aliphatic carbocycles. The predicted octanol–water partition coefficient (Wildman–Crippen LogP) is 5.45. The van der Waals surface area contributed by atoms with Gasteiger partial charge in [0.25, 0.3) is 0 Å². The van der Waals surface area contributed by atoms with Crippen LogP contribution in [0.25, 0.3) is 0 Å². The van der Waals surface area contributed by atoms with Crippen LogP contribution in [-0.2, 0) is 19.1 Å². The van der Waals surface area contributed by atoms with Gasteiger partial charge in [-0.05, 0) is 93.0 Å². The van der Waals surface area contributed by atoms with Gasteiger partial charge in [0.05, 0.1) is 0 Å². The second-order valence-electron chi connectivity index (χ2n) is 10.8. The molecule has 0 amide bonds. The smallest absolute Gasteiger partial charge is 0.303 e. The summed E-state index contributed by atoms with van der Waals surface area (Å²) < 4.78 is 11.2. The van der Waals surface area contributed by atoms with Crippen molar-refractivity contribution in [2.24, 2.45) is 34.5 Å². The topological polar surface area (TPSA) is 52.6 Å². The molecule has 4 heteroatoms. The maximum Gasteiger partial charge on any atom is 0.303 e. The van der Waals surface area contributed by atoms with Crippen LogP contribution in [0.2, 0.25) is 0 Å². The summed E-state index contributed by atoms with van der Waals surface area (Å²) in [5, 5.41) is 0. The van der Waals surface area contributed by atoms with Gasteiger partial charge in [0.1, 0.15) is 12.2 Å². The number of ether oxygens (including phenoxy) is 2. The van der Waals surface area contributed by atoms with E-state index in [9.17, 15) is 9.59 Å². The van der Waals surface area contributed by atoms with Crippen LogP contribution in [0.4, 0.5) is 0 Å². The number of rotatable bonds is 3. The lowest BCUT2D eigenvalue weighted by atomic mass is 9.46. The summed E-state index contributed by atoms with van der Waals surface area (Å²) in [6.45, 7) is 10.1. The number of hydrogen-bond donors (Lipinski definition) is 0. The Morgan fingerprint density at radius 3 is 2.45 bits per heavy atom. The van der Waals surface area contributed by atoms with Crippen molar-refractivity contribution in [2.45, 2.75) is 98.2 Å². The molecule has 8 atom stereocenters. The maximum absolute atomic E-state index is 11.5. The first-order valence-corrected chi connectivity index (χ1v) is 11.7. The fourth-order valence-electron chi connectivity index (χ4n) is 8.16. The molecule has 4 rings (SSSR count). The molecule has 29 heavy (non-hydrogen) atoms. The van der Waals surface area contributed by atoms with Gasteiger partial charge in [0.2, 0.25) is 0 Å². The van der Waals surface area contributed by atoms with E-state index in [-0.39, 0.29) is 29.6 Å². The molecule has 4 aliphatic rings. The quantitative estimate of drug-likeness (QED) is 0.465. The van der Waals surface area contributed by atoms with Gasteiger partial charge in [-0.3, -0.25) is 9.59 Å². The van der Waals surface area contributed by atoms with Crippen LogP contribution in [0, 0.1) is 34.5 Å². The molecule has 3 fully saturated rings. The van der Waals surface area contributed by atoms with E-state index >= 15 is 0 Å². The molecule has 0 aliphatic heterocycles. The van der Waals surface area contributed by atoms with Gasteiger partial charge in [-0.1, -0.05) is 19.4 Å². The average molecular weight is 403 g/mol. The number of hydrogen-bond acceptors (Lipinski definition) is 4. The maximum atomic E-state index is 11.5. The Hall–Kier alpha value is -1.32. The minimum absolute atomic E-state index is 0.0212. The SMILES string of the molecule is CC(=O)OC(C)[C@H]1CC[C@H]2[C@@H]3CCC4=C[C@@H](OC(C)=O)CC[C@]4(C)[C@H]3CC[C@]12C. The van der Waals surface area contributed by atoms with Crippen molar-refractivity contribution in [3.63, 3.8) is 0 Å². The monoisotopic (exact) mass is 402 g/mol. The highest BCUT2D eigenvalue weighted by Gasteiger charge is 2.60. The highest BCUT2D eigenvalue weighted by Crippen LogP contribution is 2.67. The lowest BCUT2D eigenvalue weighted by Gasteiger charge is -2.58. The molecule has 0 saturated heterocycles. The summed E-state index contributed by atoms with van der Waals surface area (Å²) in [5.74, 6) is 2.42. The van der Waals surface area contributed by atoms with Crippen molar-refractivity contribution in [1.82, 2.24) is 0 Å². The van der Waals surface area contributed by atoms with Crippen LogP contribution in [0.5, 0.6) is 0 Å². The van der Waals surface area contributed by atoms with Gasteiger partial charge < -0.3 is 9.47 Å². The molecule has 0 radical (unpaired) electrons. The van der Waals surface area contributed by atoms with Gasteiger partial charge in [-0.15, -0.1) is 0 Å². The van der Waals surface area contributed by atoms with Crippen molar-refractivity contribution in [3.05, 3.63) is 11.6 Å². The molecular weight excluding hydrogens is 364 g/mol. The van der Waals surface area contributed by atoms with Crippen molar-refractivity contribution in [3.8, 4) is 0 Å². The largest absolute Gasteiger partial charge is 0.463 e. The molecule has 162 valence electrons. The molecule has 0 N–H and O–H groups in total. The number of esters is 2. The van der Waals surface area contributed by atoms with Gasteiger partial charge >= 0.3 is 11.9 Å². The normalized spacial score (nSPS) is 44.6. The molecule has 0 spiro atoms. The van der Waals surface area contributed by atoms with Crippen molar-refractivity contribution >= 4 is 11.9 Å². The third-order valence-electron chi connectivity index (χ3n) is 9.38. The Kier molecular flexibility index (Phi) is 5.36. The van der Waals surface area contributed by atoms with E-state index in [0.29, 0.717) is 11.3 Å². The summed E-state index contributed by atoms with van der Waals surface area (Å²) in [7, 11) is 0. The van der Waals surface area contributed by atoms with E-state index in [1.807, 2.05) is 0 Å². The molecule has 0 bridgehead atoms. The Balaban J connectivity index is 1.54. The summed E-state index contributed by atoms with van der Waals surface area (Å²) in [5.41, 5.74) is 2.10. The van der Waals surface area contributed by atoms with Crippen LogP contribution >= 0.6 is 0 Å². The highest BCUT2D eigenvalue weighted by molar-refractivity contribution is 5.66. The summed E-state index contributed by atoms with van der Waals surface area (Å²) >= 11 is 0. The summed E-state index contributed by atoms with van der Waals surface area (Å²) in [6.07, 6.45) is 11.7. The van der Waals surface area contributed by atoms with Crippen LogP contribution in [0.15, 0.2) is 11.6 Å². The molecule has 0 aromatic rings. The second kappa shape index (κ2) is 7.42. The molecule has 0 aromatic carbocycles. The first-order chi connectivity index (χ1) is 13.6. The molecule has 0 heterocycles. The van der Waals surface area contributed by atoms with Crippen molar-refractivity contribution in [1.29, 1.82) is 0 Å². The van der Waals surface area contributed by atoms with E-state index < -0.39 is 0 Å². The van der Waals surface area contributed by atoms with Crippen LogP contribution in [-0.4, -0.2) is 24.1 Å². The fourth-order valence-corrected chi connectivity index (χ4v) is 8.16. The predicted molar refractivity (Wildman–Crippen MR) is 112 cm³/mol. The van der Waals surface area contributed by atoms with E-state index in [1.54, 1.807) is 5.57 Å². The summed E-state index contributed by atoms with van der Waals surface area (Å²) in [6, 6.07) is 0. The van der Waals surface area contributed by atoms with Gasteiger partial charge in [-0.2, -0.15) is 0 Å². The Morgan fingerprint density at radius 2 is 1.76 bits per heavy atom. The summed E-state index contributed by atoms with van der Waals surface area (Å²) in [4.78, 5) is 22.9. The molecule has 3 saturated carbocycles. The van der Waals surface area contributed by atoms with E-state index in [4.69, 9.17) is 9.47 Å². The van der Waals surface area contributed by atoms with Crippen molar-refractivity contribution in [2.75, 3.05) is 0 Å². The molecule has 4 nitrogen and oxygen atoms in total. The lowest BCUT2D eigenvalue weighted by Crippen LogP contribution is -2.51. The van der Waals surface area contributed by atoms with Gasteiger partial charge in [-0.25, -0.2) is 0 Å². The number of carbonyl (C=O) groups is 2. The van der Waals surface area contributed by atoms with E-state index in [1.165, 1.54) is 46.0 Å². The third-order valence-corrected chi connectivity index (χ3v) is 9.38. The van der Waals surface area contributed by atoms with Gasteiger partial charge in [0, 0.05) is 19.8 Å². The zero-order chi connectivity index (χ0) is 21.0. The molecule has 1 unspecified atom stereocenters. The Labute approximate surface area is 175 Å². The molecular formula is C25H38O4. The van der Waals surface area contributed by atoms with Crippen molar-refractivity contribution < 1.29 is 19.1 Å². The number of fused-ring (bicyclic) bond motifs is 5. The van der Waals surface area contributed by atoms with Crippen LogP contribution < -0.4 is 0 Å². The number of allylic oxidation sites excluding steroid dienone is 1. The first-order valence-electron chi connectivity index (χ1n) is 11.7. The zero-order valence-electron chi connectivity index (χ0n) is 18.8. The van der Waals surface area contributed by atoms with Crippen LogP contribution in [0.1, 0.15) is 86.0 Å². The fraction of sp³-hybridized carbons (Fsp3) is 0.840. The van der Waals surface area contributed by atoms with E-state index in [0.717, 1.165) is 37.0 Å². The van der Waals surface area contributed by atoms with E-state index in [2.05, 4.69) is 26.8 Å². The second-order valence-corrected chi connectivity index (χ2v) is 10.8. The highest BCUT2D eigenvalue weighted by atomic mass is 16.5. The Morgan fingerprint density at radius 1 is 1.00 bits per heavy atom. The lowest BCUT2D eigenvalue weighted by molar-refractivity contribution is -0.153. The third kappa shape index (κ3) is 3.45. The van der Waals surface area contributed by atoms with Crippen LogP contribution in [0.3, 0.4) is 0 Å². The standard InChI is InChI=1S/C25H38O4/c1-15(28-16(2)26)21-8-9-22-20-7-6-18-14-19(29-17(3)27)10-12-24(18,4)23(20)11-13-25(21,22)5/h14-15,19-23H,6-13H2,1-5H3/t15?,19-,20-,21+,22-,23-,24-,25+/m0/s1. The average Bonchev–Trinajstić information content (AvgIpc) is 2.98. The minimum Gasteiger partial charge on any atom is -0.463 e. The first kappa shape index (κ1) is 20.9.